The van der Waals surface area contributed by atoms with Gasteiger partial charge in [0.05, 0.1) is 0 Å². The molecule has 37 heavy (non-hydrogen) atoms. The van der Waals surface area contributed by atoms with Crippen LogP contribution in [0.1, 0.15) is 100 Å². The Kier molecular flexibility index (Phi) is 9.40. The van der Waals surface area contributed by atoms with Gasteiger partial charge in [-0.2, -0.15) is 0 Å². The normalized spacial score (nSPS) is 15.0. The molecule has 0 fully saturated rings. The van der Waals surface area contributed by atoms with Gasteiger partial charge in [-0.3, -0.25) is 0 Å². The van der Waals surface area contributed by atoms with E-state index in [1.807, 2.05) is 0 Å². The first-order valence-electron chi connectivity index (χ1n) is 14.3. The molecule has 0 aliphatic heterocycles. The summed E-state index contributed by atoms with van der Waals surface area (Å²) in [7, 11) is 0. The molecule has 0 saturated heterocycles. The van der Waals surface area contributed by atoms with Gasteiger partial charge >= 0.3 is 0 Å². The molecule has 192 valence electrons. The quantitative estimate of drug-likeness (QED) is 0.249. The monoisotopic (exact) mass is 488 g/mol. The van der Waals surface area contributed by atoms with Crippen molar-refractivity contribution in [3.63, 3.8) is 0 Å². The summed E-state index contributed by atoms with van der Waals surface area (Å²) in [5.41, 5.74) is 11.0. The minimum Gasteiger partial charge on any atom is -0.0654 e. The van der Waals surface area contributed by atoms with Crippen LogP contribution in [-0.4, -0.2) is 0 Å². The van der Waals surface area contributed by atoms with E-state index in [0.717, 1.165) is 6.42 Å². The largest absolute Gasteiger partial charge is 0.0654 e. The topological polar surface area (TPSA) is 0 Å². The summed E-state index contributed by atoms with van der Waals surface area (Å²) in [6.45, 7) is 9.09. The molecule has 1 aliphatic rings. The maximum atomic E-state index is 2.34. The molecule has 3 aromatic carbocycles. The molecule has 0 spiro atoms. The Balaban J connectivity index is 1.52. The Labute approximate surface area is 225 Å². The van der Waals surface area contributed by atoms with Crippen LogP contribution in [0.3, 0.4) is 0 Å². The van der Waals surface area contributed by atoms with Crippen LogP contribution in [0.25, 0.3) is 17.2 Å². The molecule has 0 amide bonds. The molecule has 4 rings (SSSR count). The van der Waals surface area contributed by atoms with Crippen LogP contribution < -0.4 is 0 Å². The summed E-state index contributed by atoms with van der Waals surface area (Å²) in [4.78, 5) is 0. The number of hydrogen-bond acceptors (Lipinski definition) is 0. The van der Waals surface area contributed by atoms with Crippen molar-refractivity contribution in [3.05, 3.63) is 124 Å². The summed E-state index contributed by atoms with van der Waals surface area (Å²) in [6.07, 6.45) is 17.2. The molecule has 0 bridgehead atoms. The lowest BCUT2D eigenvalue weighted by atomic mass is 9.84. The van der Waals surface area contributed by atoms with Crippen LogP contribution in [0.2, 0.25) is 0 Å². The van der Waals surface area contributed by atoms with Gasteiger partial charge in [0.2, 0.25) is 0 Å². The Morgan fingerprint density at radius 1 is 0.676 bits per heavy atom. The zero-order valence-electron chi connectivity index (χ0n) is 23.4. The fraction of sp³-hybridized carbons (Fsp3) is 0.351. The van der Waals surface area contributed by atoms with Gasteiger partial charge in [-0.1, -0.05) is 157 Å². The number of allylic oxidation sites excluding steroid dienone is 5. The first-order valence-corrected chi connectivity index (χ1v) is 14.3. The average Bonchev–Trinajstić information content (AvgIpc) is 2.91. The van der Waals surface area contributed by atoms with E-state index in [2.05, 4.69) is 125 Å². The molecule has 0 heteroatoms. The van der Waals surface area contributed by atoms with Crippen molar-refractivity contribution in [1.82, 2.24) is 0 Å². The zero-order valence-corrected chi connectivity index (χ0v) is 23.4. The first kappa shape index (κ1) is 26.9. The number of hydrogen-bond donors (Lipinski definition) is 0. The van der Waals surface area contributed by atoms with Crippen molar-refractivity contribution in [1.29, 1.82) is 0 Å². The predicted molar refractivity (Wildman–Crippen MR) is 164 cm³/mol. The lowest BCUT2D eigenvalue weighted by molar-refractivity contribution is 0.590. The van der Waals surface area contributed by atoms with Crippen LogP contribution in [-0.2, 0) is 11.8 Å². The van der Waals surface area contributed by atoms with Crippen LogP contribution in [0, 0.1) is 0 Å². The van der Waals surface area contributed by atoms with Gasteiger partial charge in [0, 0.05) is 0 Å². The molecular formula is C37H44. The minimum absolute atomic E-state index is 0.179. The molecule has 3 aromatic rings. The fourth-order valence-corrected chi connectivity index (χ4v) is 5.17. The summed E-state index contributed by atoms with van der Waals surface area (Å²) < 4.78 is 0. The van der Waals surface area contributed by atoms with Gasteiger partial charge in [0.15, 0.2) is 0 Å². The standard InChI is InChI=1S/C37H44/c1-5-6-7-8-9-11-14-29-17-22-33(23-18-29)35-26-21-31(28-36(35)32-15-12-10-13-16-32)27-30-19-24-34(25-20-30)37(2,3)4/h10,12-13,15-27H,5-9,11,14,28H2,1-4H3. The van der Waals surface area contributed by atoms with Crippen molar-refractivity contribution in [2.24, 2.45) is 0 Å². The molecule has 0 heterocycles. The molecular weight excluding hydrogens is 444 g/mol. The van der Waals surface area contributed by atoms with E-state index in [9.17, 15) is 0 Å². The molecule has 0 aromatic heterocycles. The van der Waals surface area contributed by atoms with Gasteiger partial charge in [0.1, 0.15) is 0 Å². The van der Waals surface area contributed by atoms with E-state index in [1.165, 1.54) is 89.5 Å². The Bertz CT molecular complexity index is 1210. The second-order valence-electron chi connectivity index (χ2n) is 11.6. The fourth-order valence-electron chi connectivity index (χ4n) is 5.17. The summed E-state index contributed by atoms with van der Waals surface area (Å²) >= 11 is 0. The predicted octanol–water partition coefficient (Wildman–Crippen LogP) is 10.8. The van der Waals surface area contributed by atoms with E-state index >= 15 is 0 Å². The van der Waals surface area contributed by atoms with Gasteiger partial charge < -0.3 is 0 Å². The lowest BCUT2D eigenvalue weighted by Crippen LogP contribution is -2.10. The molecule has 0 radical (unpaired) electrons. The van der Waals surface area contributed by atoms with Gasteiger partial charge in [0.25, 0.3) is 0 Å². The lowest BCUT2D eigenvalue weighted by Gasteiger charge is -2.20. The maximum Gasteiger partial charge on any atom is -0.00134 e. The highest BCUT2D eigenvalue weighted by molar-refractivity contribution is 5.98. The zero-order chi connectivity index (χ0) is 26.1. The first-order chi connectivity index (χ1) is 17.9. The summed E-state index contributed by atoms with van der Waals surface area (Å²) in [6, 6.07) is 29.3. The van der Waals surface area contributed by atoms with Crippen molar-refractivity contribution in [2.45, 2.75) is 84.5 Å². The highest BCUT2D eigenvalue weighted by Crippen LogP contribution is 2.37. The molecule has 0 N–H and O–H groups in total. The highest BCUT2D eigenvalue weighted by atomic mass is 14.2. The third-order valence-electron chi connectivity index (χ3n) is 7.51. The SMILES string of the molecule is CCCCCCCCc1ccc(C2=C(c3ccccc3)CC(=Cc3ccc(C(C)(C)C)cc3)C=C2)cc1. The van der Waals surface area contributed by atoms with Crippen LogP contribution in [0.15, 0.2) is 96.6 Å². The molecule has 0 nitrogen and oxygen atoms in total. The smallest absolute Gasteiger partial charge is 0.00134 e. The number of unbranched alkanes of at least 4 members (excludes halogenated alkanes) is 5. The molecule has 0 atom stereocenters. The van der Waals surface area contributed by atoms with Crippen molar-refractivity contribution < 1.29 is 0 Å². The van der Waals surface area contributed by atoms with Crippen LogP contribution in [0.4, 0.5) is 0 Å². The van der Waals surface area contributed by atoms with Crippen molar-refractivity contribution in [3.8, 4) is 0 Å². The highest BCUT2D eigenvalue weighted by Gasteiger charge is 2.16. The Hall–Kier alpha value is -3.12. The van der Waals surface area contributed by atoms with Gasteiger partial charge in [-0.05, 0) is 69.2 Å². The minimum atomic E-state index is 0.179. The number of aryl methyl sites for hydroxylation is 1. The van der Waals surface area contributed by atoms with E-state index in [1.54, 1.807) is 0 Å². The summed E-state index contributed by atoms with van der Waals surface area (Å²) in [5.74, 6) is 0. The maximum absolute atomic E-state index is 2.34. The molecule has 0 unspecified atom stereocenters. The van der Waals surface area contributed by atoms with Gasteiger partial charge in [-0.15, -0.1) is 0 Å². The second-order valence-corrected chi connectivity index (χ2v) is 11.6. The van der Waals surface area contributed by atoms with Crippen molar-refractivity contribution >= 4 is 17.2 Å². The van der Waals surface area contributed by atoms with E-state index in [0.29, 0.717) is 0 Å². The van der Waals surface area contributed by atoms with E-state index in [4.69, 9.17) is 0 Å². The number of rotatable bonds is 10. The van der Waals surface area contributed by atoms with Crippen LogP contribution >= 0.6 is 0 Å². The third-order valence-corrected chi connectivity index (χ3v) is 7.51. The molecule has 0 saturated carbocycles. The second kappa shape index (κ2) is 12.9. The average molecular weight is 489 g/mol. The van der Waals surface area contributed by atoms with E-state index in [-0.39, 0.29) is 5.41 Å². The Morgan fingerprint density at radius 3 is 2.03 bits per heavy atom. The van der Waals surface area contributed by atoms with Crippen LogP contribution in [0.5, 0.6) is 0 Å². The van der Waals surface area contributed by atoms with Gasteiger partial charge in [-0.25, -0.2) is 0 Å². The molecule has 1 aliphatic carbocycles. The number of benzene rings is 3. The van der Waals surface area contributed by atoms with E-state index < -0.39 is 0 Å². The third kappa shape index (κ3) is 7.68. The Morgan fingerprint density at radius 2 is 1.35 bits per heavy atom. The van der Waals surface area contributed by atoms with Crippen molar-refractivity contribution in [2.75, 3.05) is 0 Å². The summed E-state index contributed by atoms with van der Waals surface area (Å²) in [5, 5.41) is 0.